The zero-order valence-electron chi connectivity index (χ0n) is 11.7. The van der Waals surface area contributed by atoms with Gasteiger partial charge in [0.1, 0.15) is 5.69 Å². The van der Waals surface area contributed by atoms with Crippen molar-refractivity contribution in [3.05, 3.63) is 46.5 Å². The molecule has 1 aromatic heterocycles. The molecular weight excluding hydrogens is 256 g/mol. The van der Waals surface area contributed by atoms with Gasteiger partial charge in [-0.3, -0.25) is 4.79 Å². The van der Waals surface area contributed by atoms with Crippen LogP contribution in [0.4, 0.5) is 5.69 Å². The minimum absolute atomic E-state index is 0.120. The predicted octanol–water partition coefficient (Wildman–Crippen LogP) is 4.00. The van der Waals surface area contributed by atoms with Gasteiger partial charge in [-0.1, -0.05) is 32.9 Å². The number of nitrogens with zero attached hydrogens (tertiary/aromatic N) is 1. The van der Waals surface area contributed by atoms with Crippen LogP contribution in [0, 0.1) is 6.92 Å². The minimum atomic E-state index is -0.159. The van der Waals surface area contributed by atoms with Crippen molar-refractivity contribution in [2.24, 2.45) is 0 Å². The summed E-state index contributed by atoms with van der Waals surface area (Å²) >= 11 is 1.34. The molecule has 1 heterocycles. The molecule has 0 unspecified atom stereocenters. The van der Waals surface area contributed by atoms with Gasteiger partial charge in [0.2, 0.25) is 0 Å². The Morgan fingerprint density at radius 3 is 2.32 bits per heavy atom. The lowest BCUT2D eigenvalue weighted by molar-refractivity contribution is 0.102. The van der Waals surface area contributed by atoms with E-state index in [1.165, 1.54) is 17.1 Å². The highest BCUT2D eigenvalue weighted by Gasteiger charge is 2.14. The van der Waals surface area contributed by atoms with Gasteiger partial charge < -0.3 is 5.32 Å². The van der Waals surface area contributed by atoms with Crippen molar-refractivity contribution in [3.8, 4) is 0 Å². The Labute approximate surface area is 117 Å². The molecule has 100 valence electrons. The van der Waals surface area contributed by atoms with E-state index in [2.05, 4.69) is 30.5 Å². The molecule has 0 spiro atoms. The molecule has 0 bridgehead atoms. The highest BCUT2D eigenvalue weighted by atomic mass is 32.1. The Kier molecular flexibility index (Phi) is 3.71. The average Bonchev–Trinajstić information content (AvgIpc) is 2.75. The van der Waals surface area contributed by atoms with Gasteiger partial charge in [0.05, 0.1) is 0 Å². The summed E-state index contributed by atoms with van der Waals surface area (Å²) < 4.78 is 4.10. The van der Waals surface area contributed by atoms with Crippen LogP contribution in [-0.4, -0.2) is 10.3 Å². The summed E-state index contributed by atoms with van der Waals surface area (Å²) in [7, 11) is 0. The Hall–Kier alpha value is -1.68. The smallest absolute Gasteiger partial charge is 0.275 e. The molecule has 0 atom stereocenters. The molecule has 2 rings (SSSR count). The van der Waals surface area contributed by atoms with Crippen LogP contribution < -0.4 is 5.32 Å². The predicted molar refractivity (Wildman–Crippen MR) is 79.9 cm³/mol. The van der Waals surface area contributed by atoms with Crippen LogP contribution in [0.5, 0.6) is 0 Å². The maximum atomic E-state index is 11.9. The van der Waals surface area contributed by atoms with E-state index in [9.17, 15) is 4.79 Å². The van der Waals surface area contributed by atoms with Gasteiger partial charge in [-0.25, -0.2) is 0 Å². The van der Waals surface area contributed by atoms with E-state index >= 15 is 0 Å². The first-order valence-electron chi connectivity index (χ1n) is 6.21. The van der Waals surface area contributed by atoms with Crippen LogP contribution in [0.15, 0.2) is 30.3 Å². The first-order valence-corrected chi connectivity index (χ1v) is 6.99. The number of carbonyl (C=O) groups is 1. The summed E-state index contributed by atoms with van der Waals surface area (Å²) in [6.07, 6.45) is 0. The number of hydrogen-bond donors (Lipinski definition) is 1. The molecule has 3 nitrogen and oxygen atoms in total. The fraction of sp³-hybridized carbons (Fsp3) is 0.333. The fourth-order valence-electron chi connectivity index (χ4n) is 1.72. The molecule has 1 N–H and O–H groups in total. The first kappa shape index (κ1) is 13.7. The van der Waals surface area contributed by atoms with Gasteiger partial charge in [0, 0.05) is 10.6 Å². The third-order valence-corrected chi connectivity index (χ3v) is 3.56. The number of aryl methyl sites for hydroxylation is 1. The summed E-state index contributed by atoms with van der Waals surface area (Å²) in [5.41, 5.74) is 2.63. The van der Waals surface area contributed by atoms with Crippen molar-refractivity contribution in [2.45, 2.75) is 33.1 Å². The van der Waals surface area contributed by atoms with E-state index in [-0.39, 0.29) is 11.3 Å². The third kappa shape index (κ3) is 3.41. The SMILES string of the molecule is Cc1cc(C(=O)Nc2ccc(C(C)(C)C)cc2)ns1. The maximum absolute atomic E-state index is 11.9. The quantitative estimate of drug-likeness (QED) is 0.899. The Morgan fingerprint density at radius 1 is 1.21 bits per heavy atom. The number of aromatic nitrogens is 1. The second kappa shape index (κ2) is 5.13. The zero-order chi connectivity index (χ0) is 14.0. The normalized spacial score (nSPS) is 11.4. The molecule has 4 heteroatoms. The van der Waals surface area contributed by atoms with Gasteiger partial charge in [-0.15, -0.1) is 0 Å². The third-order valence-electron chi connectivity index (χ3n) is 2.87. The molecular formula is C15H18N2OS. The lowest BCUT2D eigenvalue weighted by Gasteiger charge is -2.19. The largest absolute Gasteiger partial charge is 0.321 e. The highest BCUT2D eigenvalue weighted by Crippen LogP contribution is 2.23. The second-order valence-corrected chi connectivity index (χ2v) is 6.61. The summed E-state index contributed by atoms with van der Waals surface area (Å²) in [5.74, 6) is -0.159. The topological polar surface area (TPSA) is 42.0 Å². The lowest BCUT2D eigenvalue weighted by Crippen LogP contribution is -2.13. The number of carbonyl (C=O) groups excluding carboxylic acids is 1. The molecule has 0 saturated carbocycles. The van der Waals surface area contributed by atoms with Crippen molar-refractivity contribution < 1.29 is 4.79 Å². The van der Waals surface area contributed by atoms with E-state index in [1.807, 2.05) is 31.2 Å². The van der Waals surface area contributed by atoms with Gasteiger partial charge in [0.25, 0.3) is 5.91 Å². The number of hydrogen-bond acceptors (Lipinski definition) is 3. The molecule has 0 aliphatic rings. The van der Waals surface area contributed by atoms with E-state index in [0.29, 0.717) is 5.69 Å². The van der Waals surface area contributed by atoms with Crippen molar-refractivity contribution in [2.75, 3.05) is 5.32 Å². The Bertz CT molecular complexity index is 579. The summed E-state index contributed by atoms with van der Waals surface area (Å²) in [4.78, 5) is 13.0. The zero-order valence-corrected chi connectivity index (χ0v) is 12.5. The van der Waals surface area contributed by atoms with Crippen LogP contribution in [0.3, 0.4) is 0 Å². The fourth-order valence-corrected chi connectivity index (χ4v) is 2.26. The van der Waals surface area contributed by atoms with Gasteiger partial charge in [0.15, 0.2) is 0 Å². The molecule has 2 aromatic rings. The monoisotopic (exact) mass is 274 g/mol. The first-order chi connectivity index (χ1) is 8.86. The van der Waals surface area contributed by atoms with E-state index < -0.39 is 0 Å². The van der Waals surface area contributed by atoms with Crippen molar-refractivity contribution in [1.29, 1.82) is 0 Å². The van der Waals surface area contributed by atoms with Gasteiger partial charge >= 0.3 is 0 Å². The second-order valence-electron chi connectivity index (χ2n) is 5.60. The van der Waals surface area contributed by atoms with Gasteiger partial charge in [-0.05, 0) is 47.6 Å². The minimum Gasteiger partial charge on any atom is -0.321 e. The summed E-state index contributed by atoms with van der Waals surface area (Å²) in [6, 6.07) is 9.74. The van der Waals surface area contributed by atoms with Crippen LogP contribution in [0.25, 0.3) is 0 Å². The number of anilines is 1. The van der Waals surface area contributed by atoms with Crippen molar-refractivity contribution in [1.82, 2.24) is 4.37 Å². The molecule has 0 fully saturated rings. The van der Waals surface area contributed by atoms with Gasteiger partial charge in [-0.2, -0.15) is 4.37 Å². The summed E-state index contributed by atoms with van der Waals surface area (Å²) in [5, 5.41) is 2.86. The summed E-state index contributed by atoms with van der Waals surface area (Å²) in [6.45, 7) is 8.43. The molecule has 1 aromatic carbocycles. The highest BCUT2D eigenvalue weighted by molar-refractivity contribution is 7.05. The maximum Gasteiger partial charge on any atom is 0.275 e. The van der Waals surface area contributed by atoms with E-state index in [4.69, 9.17) is 0 Å². The Balaban J connectivity index is 2.10. The Morgan fingerprint density at radius 2 is 1.84 bits per heavy atom. The molecule has 1 amide bonds. The molecule has 0 aliphatic carbocycles. The van der Waals surface area contributed by atoms with Crippen molar-refractivity contribution >= 4 is 23.1 Å². The van der Waals surface area contributed by atoms with Crippen LogP contribution in [-0.2, 0) is 5.41 Å². The number of nitrogens with one attached hydrogen (secondary N) is 1. The standard InChI is InChI=1S/C15H18N2OS/c1-10-9-13(17-19-10)14(18)16-12-7-5-11(6-8-12)15(2,3)4/h5-9H,1-4H3,(H,16,18). The van der Waals surface area contributed by atoms with Crippen LogP contribution in [0.2, 0.25) is 0 Å². The number of amides is 1. The lowest BCUT2D eigenvalue weighted by atomic mass is 9.87. The van der Waals surface area contributed by atoms with E-state index in [1.54, 1.807) is 6.07 Å². The van der Waals surface area contributed by atoms with Crippen LogP contribution in [0.1, 0.15) is 41.7 Å². The number of benzene rings is 1. The van der Waals surface area contributed by atoms with Crippen molar-refractivity contribution in [3.63, 3.8) is 0 Å². The molecule has 0 saturated heterocycles. The average molecular weight is 274 g/mol. The molecule has 0 aliphatic heterocycles. The van der Waals surface area contributed by atoms with Crippen LogP contribution >= 0.6 is 11.5 Å². The number of rotatable bonds is 2. The molecule has 0 radical (unpaired) electrons. The van der Waals surface area contributed by atoms with E-state index in [0.717, 1.165) is 10.6 Å². The molecule has 19 heavy (non-hydrogen) atoms.